The van der Waals surface area contributed by atoms with E-state index in [4.69, 9.17) is 4.74 Å². The van der Waals surface area contributed by atoms with Crippen LogP contribution in [0.4, 0.5) is 20.7 Å². The van der Waals surface area contributed by atoms with Crippen molar-refractivity contribution in [1.82, 2.24) is 15.0 Å². The average molecular weight is 295 g/mol. The van der Waals surface area contributed by atoms with Gasteiger partial charge in [-0.2, -0.15) is 15.0 Å². The summed E-state index contributed by atoms with van der Waals surface area (Å²) in [6, 6.07) is 3.38. The van der Waals surface area contributed by atoms with Gasteiger partial charge in [0.2, 0.25) is 11.9 Å². The highest BCUT2D eigenvalue weighted by Gasteiger charge is 2.08. The lowest BCUT2D eigenvalue weighted by atomic mass is 10.2. The lowest BCUT2D eigenvalue weighted by molar-refractivity contribution is 0.379. The van der Waals surface area contributed by atoms with Crippen LogP contribution in [-0.4, -0.2) is 28.6 Å². The number of methoxy groups -OCH3 is 1. The van der Waals surface area contributed by atoms with Crippen molar-refractivity contribution >= 4 is 11.9 Å². The van der Waals surface area contributed by atoms with Crippen LogP contribution in [0.1, 0.15) is 12.5 Å². The molecule has 0 unspecified atom stereocenters. The van der Waals surface area contributed by atoms with Crippen LogP contribution >= 0.6 is 0 Å². The SMILES string of the molecule is CCNc1nc(NCc2cc(F)ccc2F)nc(OC)n1. The maximum Gasteiger partial charge on any atom is 0.322 e. The Balaban J connectivity index is 2.15. The first-order valence-corrected chi connectivity index (χ1v) is 6.34. The third kappa shape index (κ3) is 3.98. The van der Waals surface area contributed by atoms with E-state index in [0.717, 1.165) is 18.2 Å². The van der Waals surface area contributed by atoms with Crippen LogP contribution in [0, 0.1) is 11.6 Å². The highest BCUT2D eigenvalue weighted by molar-refractivity contribution is 5.36. The summed E-state index contributed by atoms with van der Waals surface area (Å²) in [6.45, 7) is 2.57. The number of anilines is 2. The van der Waals surface area contributed by atoms with Gasteiger partial charge < -0.3 is 15.4 Å². The minimum Gasteiger partial charge on any atom is -0.467 e. The molecule has 1 aromatic heterocycles. The lowest BCUT2D eigenvalue weighted by Gasteiger charge is -2.09. The molecule has 0 atom stereocenters. The van der Waals surface area contributed by atoms with Crippen molar-refractivity contribution in [2.45, 2.75) is 13.5 Å². The van der Waals surface area contributed by atoms with E-state index in [1.165, 1.54) is 7.11 Å². The molecule has 8 heteroatoms. The molecule has 1 heterocycles. The number of ether oxygens (including phenoxy) is 1. The molecule has 0 bridgehead atoms. The van der Waals surface area contributed by atoms with E-state index in [2.05, 4.69) is 25.6 Å². The summed E-state index contributed by atoms with van der Waals surface area (Å²) >= 11 is 0. The molecule has 1 aromatic carbocycles. The Morgan fingerprint density at radius 3 is 2.48 bits per heavy atom. The highest BCUT2D eigenvalue weighted by atomic mass is 19.1. The van der Waals surface area contributed by atoms with Crippen LogP contribution in [0.5, 0.6) is 6.01 Å². The summed E-state index contributed by atoms with van der Waals surface area (Å²) in [7, 11) is 1.43. The number of hydrogen-bond acceptors (Lipinski definition) is 6. The van der Waals surface area contributed by atoms with Crippen LogP contribution in [0.2, 0.25) is 0 Å². The Hall–Kier alpha value is -2.51. The second-order valence-corrected chi connectivity index (χ2v) is 4.09. The third-order valence-corrected chi connectivity index (χ3v) is 2.58. The molecule has 0 saturated heterocycles. The third-order valence-electron chi connectivity index (χ3n) is 2.58. The molecule has 0 amide bonds. The van der Waals surface area contributed by atoms with E-state index in [0.29, 0.717) is 12.5 Å². The predicted octanol–water partition coefficient (Wildman–Crippen LogP) is 2.20. The molecule has 0 aliphatic heterocycles. The van der Waals surface area contributed by atoms with E-state index >= 15 is 0 Å². The Kier molecular flexibility index (Phi) is 4.81. The summed E-state index contributed by atoms with van der Waals surface area (Å²) in [5.74, 6) is -0.459. The van der Waals surface area contributed by atoms with E-state index in [1.54, 1.807) is 0 Å². The fraction of sp³-hybridized carbons (Fsp3) is 0.308. The average Bonchev–Trinajstić information content (AvgIpc) is 2.48. The van der Waals surface area contributed by atoms with Gasteiger partial charge in [-0.15, -0.1) is 0 Å². The molecule has 0 aliphatic rings. The molecule has 112 valence electrons. The van der Waals surface area contributed by atoms with Gasteiger partial charge in [0.1, 0.15) is 11.6 Å². The summed E-state index contributed by atoms with van der Waals surface area (Å²) < 4.78 is 31.6. The molecule has 0 spiro atoms. The number of rotatable bonds is 6. The molecule has 0 aliphatic carbocycles. The topological polar surface area (TPSA) is 72.0 Å². The molecule has 2 aromatic rings. The van der Waals surface area contributed by atoms with E-state index in [-0.39, 0.29) is 24.1 Å². The first kappa shape index (κ1) is 14.9. The number of nitrogens with one attached hydrogen (secondary N) is 2. The van der Waals surface area contributed by atoms with Gasteiger partial charge >= 0.3 is 6.01 Å². The van der Waals surface area contributed by atoms with E-state index in [1.807, 2.05) is 6.92 Å². The number of benzene rings is 1. The minimum atomic E-state index is -0.505. The molecule has 0 radical (unpaired) electrons. The highest BCUT2D eigenvalue weighted by Crippen LogP contribution is 2.14. The van der Waals surface area contributed by atoms with Gasteiger partial charge in [0.05, 0.1) is 7.11 Å². The van der Waals surface area contributed by atoms with Gasteiger partial charge in [-0.25, -0.2) is 8.78 Å². The van der Waals surface area contributed by atoms with Crippen LogP contribution in [0.3, 0.4) is 0 Å². The summed E-state index contributed by atoms with van der Waals surface area (Å²) in [6.07, 6.45) is 0. The van der Waals surface area contributed by atoms with Crippen LogP contribution < -0.4 is 15.4 Å². The molecular weight excluding hydrogens is 280 g/mol. The minimum absolute atomic E-state index is 0.0440. The molecule has 0 saturated carbocycles. The number of hydrogen-bond donors (Lipinski definition) is 2. The molecule has 21 heavy (non-hydrogen) atoms. The Morgan fingerprint density at radius 2 is 1.81 bits per heavy atom. The molecular formula is C13H15F2N5O. The van der Waals surface area contributed by atoms with E-state index in [9.17, 15) is 8.78 Å². The van der Waals surface area contributed by atoms with Crippen molar-refractivity contribution < 1.29 is 13.5 Å². The van der Waals surface area contributed by atoms with Gasteiger partial charge in [-0.05, 0) is 25.1 Å². The first-order chi connectivity index (χ1) is 10.1. The van der Waals surface area contributed by atoms with Crippen LogP contribution in [-0.2, 0) is 6.54 Å². The molecule has 2 N–H and O–H groups in total. The maximum atomic E-state index is 13.5. The second kappa shape index (κ2) is 6.78. The van der Waals surface area contributed by atoms with Gasteiger partial charge in [-0.1, -0.05) is 0 Å². The number of nitrogens with zero attached hydrogens (tertiary/aromatic N) is 3. The quantitative estimate of drug-likeness (QED) is 0.851. The van der Waals surface area contributed by atoms with Crippen LogP contribution in [0.25, 0.3) is 0 Å². The van der Waals surface area contributed by atoms with Crippen molar-refractivity contribution in [2.24, 2.45) is 0 Å². The van der Waals surface area contributed by atoms with E-state index < -0.39 is 11.6 Å². The smallest absolute Gasteiger partial charge is 0.322 e. The van der Waals surface area contributed by atoms with Crippen molar-refractivity contribution in [2.75, 3.05) is 24.3 Å². The van der Waals surface area contributed by atoms with Crippen molar-refractivity contribution in [3.8, 4) is 6.01 Å². The largest absolute Gasteiger partial charge is 0.467 e. The number of halogens is 2. The van der Waals surface area contributed by atoms with Crippen molar-refractivity contribution in [3.63, 3.8) is 0 Å². The number of aromatic nitrogens is 3. The monoisotopic (exact) mass is 295 g/mol. The van der Waals surface area contributed by atoms with Crippen LogP contribution in [0.15, 0.2) is 18.2 Å². The van der Waals surface area contributed by atoms with Crippen molar-refractivity contribution in [3.05, 3.63) is 35.4 Å². The zero-order chi connectivity index (χ0) is 15.2. The second-order valence-electron chi connectivity index (χ2n) is 4.09. The Morgan fingerprint density at radius 1 is 1.10 bits per heavy atom. The lowest BCUT2D eigenvalue weighted by Crippen LogP contribution is -2.10. The van der Waals surface area contributed by atoms with Gasteiger partial charge in [0.25, 0.3) is 0 Å². The molecule has 0 fully saturated rings. The summed E-state index contributed by atoms with van der Waals surface area (Å²) in [5.41, 5.74) is 0.180. The standard InChI is InChI=1S/C13H15F2N5O/c1-3-16-11-18-12(20-13(19-11)21-2)17-7-8-6-9(14)4-5-10(8)15/h4-6H,3,7H2,1-2H3,(H2,16,17,18,19,20). The summed E-state index contributed by atoms with van der Waals surface area (Å²) in [5, 5.41) is 5.74. The van der Waals surface area contributed by atoms with Crippen molar-refractivity contribution in [1.29, 1.82) is 0 Å². The fourth-order valence-corrected chi connectivity index (χ4v) is 1.62. The zero-order valence-corrected chi connectivity index (χ0v) is 11.7. The van der Waals surface area contributed by atoms with Gasteiger partial charge in [0, 0.05) is 18.7 Å². The Labute approximate surface area is 120 Å². The predicted molar refractivity (Wildman–Crippen MR) is 74.2 cm³/mol. The first-order valence-electron chi connectivity index (χ1n) is 6.34. The molecule has 6 nitrogen and oxygen atoms in total. The Bertz CT molecular complexity index is 624. The zero-order valence-electron chi connectivity index (χ0n) is 11.7. The normalized spacial score (nSPS) is 10.3. The fourth-order valence-electron chi connectivity index (χ4n) is 1.62. The maximum absolute atomic E-state index is 13.5. The molecule has 2 rings (SSSR count). The summed E-state index contributed by atoms with van der Waals surface area (Å²) in [4.78, 5) is 12.1. The van der Waals surface area contributed by atoms with Gasteiger partial charge in [-0.3, -0.25) is 0 Å². The van der Waals surface area contributed by atoms with Gasteiger partial charge in [0.15, 0.2) is 0 Å².